The molecule has 2 atom stereocenters. The number of para-hydroxylation sites is 1. The molecule has 0 saturated carbocycles. The van der Waals surface area contributed by atoms with E-state index in [-0.39, 0.29) is 6.10 Å². The number of hydrogen-bond donors (Lipinski definition) is 1. The zero-order chi connectivity index (χ0) is 14.8. The molecule has 0 aliphatic carbocycles. The molecule has 2 aromatic rings. The van der Waals surface area contributed by atoms with E-state index >= 15 is 0 Å². The lowest BCUT2D eigenvalue weighted by molar-refractivity contribution is 0.180. The number of aryl methyl sites for hydroxylation is 2. The number of ether oxygens (including phenoxy) is 1. The molecule has 112 valence electrons. The highest BCUT2D eigenvalue weighted by Gasteiger charge is 2.30. The first-order chi connectivity index (χ1) is 10.2. The first-order valence-corrected chi connectivity index (χ1v) is 7.66. The lowest BCUT2D eigenvalue weighted by Crippen LogP contribution is -2.42. The third kappa shape index (κ3) is 2.81. The Bertz CT molecular complexity index is 595. The Hall–Kier alpha value is -1.81. The highest BCUT2D eigenvalue weighted by molar-refractivity contribution is 5.37. The average molecular weight is 285 g/mol. The molecular formula is C17H23N3O. The summed E-state index contributed by atoms with van der Waals surface area (Å²) < 4.78 is 8.21. The van der Waals surface area contributed by atoms with E-state index in [1.807, 2.05) is 20.0 Å². The van der Waals surface area contributed by atoms with Crippen molar-refractivity contribution in [2.24, 2.45) is 0 Å². The van der Waals surface area contributed by atoms with Crippen LogP contribution < -0.4 is 10.1 Å². The van der Waals surface area contributed by atoms with Gasteiger partial charge in [-0.05, 0) is 38.6 Å². The minimum absolute atomic E-state index is 0.188. The van der Waals surface area contributed by atoms with Crippen LogP contribution in [0.15, 0.2) is 30.3 Å². The van der Waals surface area contributed by atoms with E-state index in [0.29, 0.717) is 6.04 Å². The molecule has 3 rings (SSSR count). The Balaban J connectivity index is 1.75. The van der Waals surface area contributed by atoms with Crippen molar-refractivity contribution in [1.29, 1.82) is 0 Å². The van der Waals surface area contributed by atoms with Gasteiger partial charge in [0.15, 0.2) is 0 Å². The number of fused-ring (bicyclic) bond motifs is 1. The number of likely N-dealkylation sites (N-methyl/N-ethyl adjacent to an activating group) is 1. The summed E-state index contributed by atoms with van der Waals surface area (Å²) >= 11 is 0. The molecule has 4 nitrogen and oxygen atoms in total. The Labute approximate surface area is 126 Å². The van der Waals surface area contributed by atoms with Crippen LogP contribution in [0.5, 0.6) is 5.75 Å². The molecule has 0 saturated heterocycles. The number of nitrogens with one attached hydrogen (secondary N) is 1. The lowest BCUT2D eigenvalue weighted by atomic mass is 10.0. The van der Waals surface area contributed by atoms with Gasteiger partial charge in [-0.25, -0.2) is 0 Å². The lowest BCUT2D eigenvalue weighted by Gasteiger charge is -2.23. The van der Waals surface area contributed by atoms with Gasteiger partial charge >= 0.3 is 0 Å². The van der Waals surface area contributed by atoms with Crippen LogP contribution in [0.3, 0.4) is 0 Å². The Morgan fingerprint density at radius 3 is 2.95 bits per heavy atom. The molecule has 0 spiro atoms. The largest absolute Gasteiger partial charge is 0.488 e. The van der Waals surface area contributed by atoms with Crippen LogP contribution in [0.25, 0.3) is 0 Å². The van der Waals surface area contributed by atoms with Gasteiger partial charge in [0, 0.05) is 31.1 Å². The van der Waals surface area contributed by atoms with Crippen molar-refractivity contribution in [3.05, 3.63) is 47.3 Å². The van der Waals surface area contributed by atoms with Crippen molar-refractivity contribution in [2.75, 3.05) is 7.05 Å². The van der Waals surface area contributed by atoms with Gasteiger partial charge in [0.1, 0.15) is 11.9 Å². The van der Waals surface area contributed by atoms with Crippen LogP contribution in [0.4, 0.5) is 0 Å². The van der Waals surface area contributed by atoms with Crippen molar-refractivity contribution in [3.8, 4) is 5.75 Å². The van der Waals surface area contributed by atoms with Gasteiger partial charge in [-0.2, -0.15) is 5.10 Å². The van der Waals surface area contributed by atoms with Crippen LogP contribution in [0.1, 0.15) is 23.9 Å². The molecule has 0 bridgehead atoms. The first kappa shape index (κ1) is 14.1. The van der Waals surface area contributed by atoms with Gasteiger partial charge in [-0.1, -0.05) is 18.2 Å². The molecule has 4 heteroatoms. The molecule has 2 heterocycles. The fourth-order valence-electron chi connectivity index (χ4n) is 3.12. The third-order valence-corrected chi connectivity index (χ3v) is 4.21. The maximum absolute atomic E-state index is 6.12. The first-order valence-electron chi connectivity index (χ1n) is 7.66. The number of rotatable bonds is 5. The number of benzene rings is 1. The molecule has 1 aromatic heterocycles. The fraction of sp³-hybridized carbons (Fsp3) is 0.471. The average Bonchev–Trinajstić information content (AvgIpc) is 3.07. The highest BCUT2D eigenvalue weighted by Crippen LogP contribution is 2.30. The normalized spacial score (nSPS) is 18.3. The zero-order valence-electron chi connectivity index (χ0n) is 13.0. The van der Waals surface area contributed by atoms with E-state index in [2.05, 4.69) is 46.3 Å². The van der Waals surface area contributed by atoms with E-state index in [4.69, 9.17) is 4.74 Å². The van der Waals surface area contributed by atoms with Gasteiger partial charge < -0.3 is 10.1 Å². The van der Waals surface area contributed by atoms with Gasteiger partial charge in [0.2, 0.25) is 0 Å². The van der Waals surface area contributed by atoms with Crippen LogP contribution >= 0.6 is 0 Å². The van der Waals surface area contributed by atoms with Crippen LogP contribution in [-0.4, -0.2) is 29.0 Å². The van der Waals surface area contributed by atoms with Crippen molar-refractivity contribution in [1.82, 2.24) is 15.1 Å². The van der Waals surface area contributed by atoms with E-state index in [9.17, 15) is 0 Å². The minimum Gasteiger partial charge on any atom is -0.488 e. The van der Waals surface area contributed by atoms with Gasteiger partial charge in [-0.15, -0.1) is 0 Å². The summed E-state index contributed by atoms with van der Waals surface area (Å²) in [5, 5.41) is 7.95. The molecule has 1 N–H and O–H groups in total. The summed E-state index contributed by atoms with van der Waals surface area (Å²) in [5.41, 5.74) is 3.66. The number of nitrogens with zero attached hydrogens (tertiary/aromatic N) is 2. The second-order valence-corrected chi connectivity index (χ2v) is 5.66. The smallest absolute Gasteiger partial charge is 0.123 e. The monoisotopic (exact) mass is 285 g/mol. The summed E-state index contributed by atoms with van der Waals surface area (Å²) in [4.78, 5) is 0. The number of aromatic nitrogens is 2. The van der Waals surface area contributed by atoms with E-state index in [1.54, 1.807) is 0 Å². The fourth-order valence-corrected chi connectivity index (χ4v) is 3.12. The summed E-state index contributed by atoms with van der Waals surface area (Å²) in [5.74, 6) is 1.03. The number of hydrogen-bond acceptors (Lipinski definition) is 3. The van der Waals surface area contributed by atoms with Gasteiger partial charge in [0.05, 0.1) is 5.69 Å². The SMILES string of the molecule is CCn1nc(C)cc1CC(NC)C1Cc2ccccc2O1. The molecule has 21 heavy (non-hydrogen) atoms. The second kappa shape index (κ2) is 5.90. The van der Waals surface area contributed by atoms with Crippen molar-refractivity contribution < 1.29 is 4.74 Å². The molecule has 0 amide bonds. The molecule has 2 unspecified atom stereocenters. The minimum atomic E-state index is 0.188. The highest BCUT2D eigenvalue weighted by atomic mass is 16.5. The Morgan fingerprint density at radius 2 is 2.24 bits per heavy atom. The maximum Gasteiger partial charge on any atom is 0.123 e. The molecule has 1 aromatic carbocycles. The molecular weight excluding hydrogens is 262 g/mol. The molecule has 1 aliphatic rings. The van der Waals surface area contributed by atoms with Gasteiger partial charge in [-0.3, -0.25) is 4.68 Å². The topological polar surface area (TPSA) is 39.1 Å². The predicted octanol–water partition coefficient (Wildman–Crippen LogP) is 2.35. The summed E-state index contributed by atoms with van der Waals surface area (Å²) in [6, 6.07) is 10.8. The van der Waals surface area contributed by atoms with Gasteiger partial charge in [0.25, 0.3) is 0 Å². The Morgan fingerprint density at radius 1 is 1.43 bits per heavy atom. The van der Waals surface area contributed by atoms with E-state index < -0.39 is 0 Å². The quantitative estimate of drug-likeness (QED) is 0.916. The maximum atomic E-state index is 6.12. The van der Waals surface area contributed by atoms with Crippen LogP contribution in [0.2, 0.25) is 0 Å². The summed E-state index contributed by atoms with van der Waals surface area (Å²) in [6.07, 6.45) is 2.10. The van der Waals surface area contributed by atoms with Crippen LogP contribution in [-0.2, 0) is 19.4 Å². The van der Waals surface area contributed by atoms with E-state index in [0.717, 1.165) is 30.8 Å². The third-order valence-electron chi connectivity index (χ3n) is 4.21. The van der Waals surface area contributed by atoms with E-state index in [1.165, 1.54) is 11.3 Å². The Kier molecular flexibility index (Phi) is 3.97. The van der Waals surface area contributed by atoms with Crippen molar-refractivity contribution >= 4 is 0 Å². The zero-order valence-corrected chi connectivity index (χ0v) is 13.0. The van der Waals surface area contributed by atoms with Crippen molar-refractivity contribution in [2.45, 2.75) is 45.4 Å². The molecule has 0 fully saturated rings. The second-order valence-electron chi connectivity index (χ2n) is 5.66. The van der Waals surface area contributed by atoms with Crippen LogP contribution in [0, 0.1) is 6.92 Å². The summed E-state index contributed by atoms with van der Waals surface area (Å²) in [7, 11) is 2.01. The molecule has 0 radical (unpaired) electrons. The van der Waals surface area contributed by atoms with Crippen molar-refractivity contribution in [3.63, 3.8) is 0 Å². The predicted molar refractivity (Wildman–Crippen MR) is 83.8 cm³/mol. The standard InChI is InChI=1S/C17H23N3O/c1-4-20-14(9-12(2)19-20)11-15(18-3)17-10-13-7-5-6-8-16(13)21-17/h5-9,15,17-18H,4,10-11H2,1-3H3. The summed E-state index contributed by atoms with van der Waals surface area (Å²) in [6.45, 7) is 5.09. The molecule has 1 aliphatic heterocycles.